The van der Waals surface area contributed by atoms with E-state index in [1.807, 2.05) is 0 Å². The van der Waals surface area contributed by atoms with Crippen molar-refractivity contribution in [1.82, 2.24) is 10.3 Å². The first-order chi connectivity index (χ1) is 8.07. The summed E-state index contributed by atoms with van der Waals surface area (Å²) in [5, 5.41) is 3.14. The molecule has 3 nitrogen and oxygen atoms in total. The number of aromatic nitrogens is 1. The molecule has 1 aliphatic rings. The SMILES string of the molecule is FC(F)(F)c1cncc(C2COCCCN2)c1. The van der Waals surface area contributed by atoms with Crippen molar-refractivity contribution in [1.29, 1.82) is 0 Å². The molecule has 1 atom stereocenters. The Bertz CT molecular complexity index is 373. The smallest absolute Gasteiger partial charge is 0.379 e. The fourth-order valence-corrected chi connectivity index (χ4v) is 1.73. The van der Waals surface area contributed by atoms with Crippen LogP contribution in [0.4, 0.5) is 13.2 Å². The molecule has 6 heteroatoms. The van der Waals surface area contributed by atoms with Gasteiger partial charge in [-0.15, -0.1) is 0 Å². The highest BCUT2D eigenvalue weighted by Crippen LogP contribution is 2.30. The van der Waals surface area contributed by atoms with Gasteiger partial charge in [0, 0.05) is 19.0 Å². The van der Waals surface area contributed by atoms with Gasteiger partial charge < -0.3 is 10.1 Å². The Kier molecular flexibility index (Phi) is 3.63. The lowest BCUT2D eigenvalue weighted by Crippen LogP contribution is -2.24. The van der Waals surface area contributed by atoms with Crippen LogP contribution in [0.5, 0.6) is 0 Å². The van der Waals surface area contributed by atoms with Crippen LogP contribution in [0.25, 0.3) is 0 Å². The minimum absolute atomic E-state index is 0.215. The summed E-state index contributed by atoms with van der Waals surface area (Å²) in [6, 6.07) is 0.909. The predicted molar refractivity (Wildman–Crippen MR) is 55.4 cm³/mol. The van der Waals surface area contributed by atoms with Gasteiger partial charge in [-0.3, -0.25) is 4.98 Å². The maximum absolute atomic E-state index is 12.5. The highest BCUT2D eigenvalue weighted by Gasteiger charge is 2.31. The molecule has 1 unspecified atom stereocenters. The zero-order valence-corrected chi connectivity index (χ0v) is 9.13. The molecule has 0 saturated carbocycles. The van der Waals surface area contributed by atoms with Crippen LogP contribution in [0.3, 0.4) is 0 Å². The van der Waals surface area contributed by atoms with Crippen LogP contribution in [0, 0.1) is 0 Å². The summed E-state index contributed by atoms with van der Waals surface area (Å²) in [7, 11) is 0. The van der Waals surface area contributed by atoms with E-state index in [1.165, 1.54) is 6.20 Å². The number of nitrogens with one attached hydrogen (secondary N) is 1. The fraction of sp³-hybridized carbons (Fsp3) is 0.545. The maximum Gasteiger partial charge on any atom is 0.417 e. The first-order valence-corrected chi connectivity index (χ1v) is 5.40. The van der Waals surface area contributed by atoms with Gasteiger partial charge in [0.05, 0.1) is 18.2 Å². The van der Waals surface area contributed by atoms with Crippen LogP contribution in [0.2, 0.25) is 0 Å². The molecule has 0 aromatic carbocycles. The van der Waals surface area contributed by atoms with E-state index in [0.717, 1.165) is 25.2 Å². The molecular weight excluding hydrogens is 233 g/mol. The molecule has 94 valence electrons. The summed E-state index contributed by atoms with van der Waals surface area (Å²) in [5.74, 6) is 0. The lowest BCUT2D eigenvalue weighted by molar-refractivity contribution is -0.137. The minimum atomic E-state index is -4.35. The Morgan fingerprint density at radius 2 is 2.18 bits per heavy atom. The second-order valence-electron chi connectivity index (χ2n) is 3.94. The van der Waals surface area contributed by atoms with Crippen LogP contribution in [-0.4, -0.2) is 24.7 Å². The number of alkyl halides is 3. The average Bonchev–Trinajstić information content (AvgIpc) is 2.56. The second kappa shape index (κ2) is 5.01. The molecule has 1 aliphatic heterocycles. The number of halogens is 3. The molecule has 1 N–H and O–H groups in total. The second-order valence-corrected chi connectivity index (χ2v) is 3.94. The van der Waals surface area contributed by atoms with Gasteiger partial charge in [-0.1, -0.05) is 0 Å². The van der Waals surface area contributed by atoms with Gasteiger partial charge in [-0.05, 0) is 24.6 Å². The number of nitrogens with zero attached hydrogens (tertiary/aromatic N) is 1. The van der Waals surface area contributed by atoms with Crippen molar-refractivity contribution in [2.75, 3.05) is 19.8 Å². The largest absolute Gasteiger partial charge is 0.417 e. The Hall–Kier alpha value is -1.14. The quantitative estimate of drug-likeness (QED) is 0.824. The lowest BCUT2D eigenvalue weighted by Gasteiger charge is -2.16. The first-order valence-electron chi connectivity index (χ1n) is 5.40. The van der Waals surface area contributed by atoms with E-state index in [1.54, 1.807) is 0 Å². The molecule has 0 amide bonds. The molecule has 0 spiro atoms. The molecule has 1 saturated heterocycles. The summed E-state index contributed by atoms with van der Waals surface area (Å²) < 4.78 is 42.9. The van der Waals surface area contributed by atoms with Crippen molar-refractivity contribution in [3.05, 3.63) is 29.6 Å². The van der Waals surface area contributed by atoms with Gasteiger partial charge in [0.25, 0.3) is 0 Å². The zero-order valence-electron chi connectivity index (χ0n) is 9.13. The molecular formula is C11H13F3N2O. The normalized spacial score (nSPS) is 22.2. The number of hydrogen-bond acceptors (Lipinski definition) is 3. The highest BCUT2D eigenvalue weighted by atomic mass is 19.4. The monoisotopic (exact) mass is 246 g/mol. The van der Waals surface area contributed by atoms with Crippen molar-refractivity contribution in [3.8, 4) is 0 Å². The Morgan fingerprint density at radius 1 is 1.35 bits per heavy atom. The van der Waals surface area contributed by atoms with Crippen LogP contribution in [0.1, 0.15) is 23.6 Å². The molecule has 0 radical (unpaired) electrons. The highest BCUT2D eigenvalue weighted by molar-refractivity contribution is 5.23. The minimum Gasteiger partial charge on any atom is -0.379 e. The molecule has 17 heavy (non-hydrogen) atoms. The first kappa shape index (κ1) is 12.3. The van der Waals surface area contributed by atoms with Crippen LogP contribution >= 0.6 is 0 Å². The van der Waals surface area contributed by atoms with Gasteiger partial charge in [-0.25, -0.2) is 0 Å². The van der Waals surface area contributed by atoms with Crippen LogP contribution in [-0.2, 0) is 10.9 Å². The van der Waals surface area contributed by atoms with E-state index in [-0.39, 0.29) is 6.04 Å². The van der Waals surface area contributed by atoms with E-state index in [2.05, 4.69) is 10.3 Å². The van der Waals surface area contributed by atoms with Crippen molar-refractivity contribution >= 4 is 0 Å². The van der Waals surface area contributed by atoms with E-state index in [0.29, 0.717) is 18.8 Å². The van der Waals surface area contributed by atoms with Gasteiger partial charge in [0.15, 0.2) is 0 Å². The molecule has 1 aromatic rings. The Morgan fingerprint density at radius 3 is 2.94 bits per heavy atom. The molecule has 2 rings (SSSR count). The van der Waals surface area contributed by atoms with Gasteiger partial charge in [-0.2, -0.15) is 13.2 Å². The summed E-state index contributed by atoms with van der Waals surface area (Å²) >= 11 is 0. The van der Waals surface area contributed by atoms with E-state index in [9.17, 15) is 13.2 Å². The topological polar surface area (TPSA) is 34.1 Å². The Balaban J connectivity index is 2.20. The third-order valence-electron chi connectivity index (χ3n) is 2.63. The maximum atomic E-state index is 12.5. The number of hydrogen-bond donors (Lipinski definition) is 1. The van der Waals surface area contributed by atoms with Crippen molar-refractivity contribution in [3.63, 3.8) is 0 Å². The molecule has 0 aliphatic carbocycles. The lowest BCUT2D eigenvalue weighted by atomic mass is 10.1. The van der Waals surface area contributed by atoms with Crippen LogP contribution < -0.4 is 5.32 Å². The summed E-state index contributed by atoms with van der Waals surface area (Å²) in [4.78, 5) is 3.64. The van der Waals surface area contributed by atoms with Gasteiger partial charge in [0.2, 0.25) is 0 Å². The number of ether oxygens (including phenoxy) is 1. The zero-order chi connectivity index (χ0) is 12.3. The fourth-order valence-electron chi connectivity index (χ4n) is 1.73. The van der Waals surface area contributed by atoms with Crippen molar-refractivity contribution < 1.29 is 17.9 Å². The van der Waals surface area contributed by atoms with Crippen molar-refractivity contribution in [2.45, 2.75) is 18.6 Å². The summed E-state index contributed by atoms with van der Waals surface area (Å²) in [6.07, 6.45) is -1.21. The average molecular weight is 246 g/mol. The van der Waals surface area contributed by atoms with E-state index in [4.69, 9.17) is 4.74 Å². The van der Waals surface area contributed by atoms with Gasteiger partial charge >= 0.3 is 6.18 Å². The summed E-state index contributed by atoms with van der Waals surface area (Å²) in [5.41, 5.74) is -0.206. The predicted octanol–water partition coefficient (Wildman–Crippen LogP) is 2.15. The molecule has 2 heterocycles. The van der Waals surface area contributed by atoms with Crippen LogP contribution in [0.15, 0.2) is 18.5 Å². The molecule has 1 aromatic heterocycles. The molecule has 1 fully saturated rings. The number of pyridine rings is 1. The van der Waals surface area contributed by atoms with E-state index < -0.39 is 11.7 Å². The summed E-state index contributed by atoms with van der Waals surface area (Å²) in [6.45, 7) is 1.75. The van der Waals surface area contributed by atoms with Crippen molar-refractivity contribution in [2.24, 2.45) is 0 Å². The number of rotatable bonds is 1. The van der Waals surface area contributed by atoms with E-state index >= 15 is 0 Å². The van der Waals surface area contributed by atoms with Gasteiger partial charge in [0.1, 0.15) is 0 Å². The molecule has 0 bridgehead atoms. The standard InChI is InChI=1S/C11H13F3N2O/c12-11(13,14)9-4-8(5-15-6-9)10-7-17-3-1-2-16-10/h4-6,10,16H,1-3,7H2. The third-order valence-corrected chi connectivity index (χ3v) is 2.63. The third kappa shape index (κ3) is 3.17. The Labute approximate surface area is 97.0 Å².